The summed E-state index contributed by atoms with van der Waals surface area (Å²) >= 11 is 0. The van der Waals surface area contributed by atoms with E-state index in [2.05, 4.69) is 46.8 Å². The zero-order chi connectivity index (χ0) is 18.6. The second-order valence-electron chi connectivity index (χ2n) is 9.63. The van der Waals surface area contributed by atoms with Crippen molar-refractivity contribution in [2.45, 2.75) is 72.4 Å². The van der Waals surface area contributed by atoms with Gasteiger partial charge in [-0.25, -0.2) is 9.78 Å². The van der Waals surface area contributed by atoms with Crippen molar-refractivity contribution in [1.82, 2.24) is 14.1 Å². The number of pyridine rings is 1. The fraction of sp³-hybridized carbons (Fsp3) is 0.700. The van der Waals surface area contributed by atoms with E-state index in [1.54, 1.807) is 4.57 Å². The summed E-state index contributed by atoms with van der Waals surface area (Å²) in [4.78, 5) is 17.5. The average Bonchev–Trinajstić information content (AvgIpc) is 2.73. The summed E-state index contributed by atoms with van der Waals surface area (Å²) in [5.74, 6) is 0.383. The molecule has 2 unspecified atom stereocenters. The Balaban J connectivity index is 1.99. The van der Waals surface area contributed by atoms with Gasteiger partial charge in [-0.05, 0) is 42.2 Å². The lowest BCUT2D eigenvalue weighted by Gasteiger charge is -2.39. The smallest absolute Gasteiger partial charge is 0.327 e. The number of hydrogen-bond acceptors (Lipinski definition) is 3. The van der Waals surface area contributed by atoms with E-state index >= 15 is 0 Å². The lowest BCUT2D eigenvalue weighted by molar-refractivity contribution is 0.183. The van der Waals surface area contributed by atoms with Gasteiger partial charge in [0.25, 0.3) is 0 Å². The Kier molecular flexibility index (Phi) is 4.34. The average molecular weight is 345 g/mol. The Labute approximate surface area is 150 Å². The van der Waals surface area contributed by atoms with Gasteiger partial charge < -0.3 is 5.73 Å². The van der Waals surface area contributed by atoms with Crippen LogP contribution in [0.15, 0.2) is 16.9 Å². The van der Waals surface area contributed by atoms with Crippen LogP contribution in [0.5, 0.6) is 0 Å². The molecule has 0 saturated heterocycles. The number of fused-ring (bicyclic) bond motifs is 1. The quantitative estimate of drug-likeness (QED) is 0.908. The molecule has 1 aliphatic rings. The second kappa shape index (κ2) is 5.97. The van der Waals surface area contributed by atoms with Gasteiger partial charge in [0, 0.05) is 31.2 Å². The van der Waals surface area contributed by atoms with Crippen molar-refractivity contribution < 1.29 is 0 Å². The van der Waals surface area contributed by atoms with Crippen LogP contribution >= 0.6 is 0 Å². The van der Waals surface area contributed by atoms with Crippen molar-refractivity contribution in [3.8, 4) is 0 Å². The predicted molar refractivity (Wildman–Crippen MR) is 103 cm³/mol. The summed E-state index contributed by atoms with van der Waals surface area (Å²) in [6.07, 6.45) is 3.18. The van der Waals surface area contributed by atoms with Crippen LogP contribution in [-0.4, -0.2) is 20.2 Å². The normalized spacial score (nSPS) is 24.0. The summed E-state index contributed by atoms with van der Waals surface area (Å²) in [6.45, 7) is 11.6. The van der Waals surface area contributed by atoms with Gasteiger partial charge in [0.1, 0.15) is 0 Å². The lowest BCUT2D eigenvalue weighted by Crippen LogP contribution is -2.42. The van der Waals surface area contributed by atoms with Crippen LogP contribution in [0.4, 0.5) is 0 Å². The number of nitrogens with zero attached hydrogens (tertiary/aromatic N) is 3. The molecule has 0 radical (unpaired) electrons. The third-order valence-corrected chi connectivity index (χ3v) is 5.73. The number of nitrogens with two attached hydrogens (primary N) is 1. The highest BCUT2D eigenvalue weighted by molar-refractivity contribution is 5.72. The Morgan fingerprint density at radius 2 is 2.00 bits per heavy atom. The minimum Gasteiger partial charge on any atom is -0.327 e. The first-order chi connectivity index (χ1) is 11.5. The van der Waals surface area contributed by atoms with Crippen LogP contribution < -0.4 is 11.4 Å². The van der Waals surface area contributed by atoms with E-state index in [4.69, 9.17) is 10.7 Å². The molecule has 3 rings (SSSR count). The fourth-order valence-corrected chi connectivity index (χ4v) is 3.89. The van der Waals surface area contributed by atoms with Gasteiger partial charge in [-0.2, -0.15) is 0 Å². The molecule has 0 aromatic carbocycles. The van der Waals surface area contributed by atoms with Gasteiger partial charge in [-0.1, -0.05) is 34.6 Å². The Morgan fingerprint density at radius 3 is 2.60 bits per heavy atom. The molecule has 0 amide bonds. The van der Waals surface area contributed by atoms with Gasteiger partial charge in [0.05, 0.1) is 5.52 Å². The van der Waals surface area contributed by atoms with Gasteiger partial charge in [0.15, 0.2) is 5.65 Å². The highest BCUT2D eigenvalue weighted by atomic mass is 16.1. The number of aryl methyl sites for hydroxylation is 1. The molecule has 5 nitrogen and oxygen atoms in total. The van der Waals surface area contributed by atoms with E-state index in [-0.39, 0.29) is 22.6 Å². The minimum atomic E-state index is 0.0102. The van der Waals surface area contributed by atoms with Crippen molar-refractivity contribution in [3.63, 3.8) is 0 Å². The second-order valence-corrected chi connectivity index (χ2v) is 9.63. The zero-order valence-corrected chi connectivity index (χ0v) is 16.5. The number of aromatic nitrogens is 3. The topological polar surface area (TPSA) is 65.8 Å². The molecule has 2 heterocycles. The highest BCUT2D eigenvalue weighted by Gasteiger charge is 2.35. The number of hydrogen-bond donors (Lipinski definition) is 1. The maximum absolute atomic E-state index is 12.7. The maximum Gasteiger partial charge on any atom is 0.330 e. The molecule has 5 heteroatoms. The van der Waals surface area contributed by atoms with Gasteiger partial charge in [-0.3, -0.25) is 9.13 Å². The van der Waals surface area contributed by atoms with Crippen molar-refractivity contribution in [1.29, 1.82) is 0 Å². The summed E-state index contributed by atoms with van der Waals surface area (Å²) in [7, 11) is 1.82. The molecule has 2 aromatic heterocycles. The largest absolute Gasteiger partial charge is 0.330 e. The molecule has 25 heavy (non-hydrogen) atoms. The Hall–Kier alpha value is -1.62. The summed E-state index contributed by atoms with van der Waals surface area (Å²) in [5, 5.41) is 0. The van der Waals surface area contributed by atoms with Crippen LogP contribution in [0.1, 0.15) is 65.5 Å². The van der Waals surface area contributed by atoms with Crippen LogP contribution in [0.25, 0.3) is 11.2 Å². The van der Waals surface area contributed by atoms with E-state index in [9.17, 15) is 4.79 Å². The van der Waals surface area contributed by atoms with Crippen LogP contribution in [0, 0.1) is 10.8 Å². The highest BCUT2D eigenvalue weighted by Crippen LogP contribution is 2.41. The fourth-order valence-electron chi connectivity index (χ4n) is 3.89. The number of imidazole rings is 1. The van der Waals surface area contributed by atoms with E-state index in [1.807, 2.05) is 11.6 Å². The maximum atomic E-state index is 12.7. The number of rotatable bonds is 2. The monoisotopic (exact) mass is 344 g/mol. The first kappa shape index (κ1) is 18.2. The molecule has 1 fully saturated rings. The Bertz CT molecular complexity index is 838. The Morgan fingerprint density at radius 1 is 1.32 bits per heavy atom. The molecule has 2 aromatic rings. The van der Waals surface area contributed by atoms with Crippen molar-refractivity contribution in [2.24, 2.45) is 23.6 Å². The summed E-state index contributed by atoms with van der Waals surface area (Å²) in [5.41, 5.74) is 9.42. The standard InChI is InChI=1S/C20H32N4O/c1-19(2,3)12-24-15-8-7-14(22-17(15)23(6)18(24)25)13-9-10-20(4,5)16(21)11-13/h7-8,13,16H,9-12,21H2,1-6H3. The minimum absolute atomic E-state index is 0.0102. The van der Waals surface area contributed by atoms with Crippen molar-refractivity contribution in [2.75, 3.05) is 0 Å². The summed E-state index contributed by atoms with van der Waals surface area (Å²) in [6, 6.07) is 4.35. The van der Waals surface area contributed by atoms with E-state index in [1.165, 1.54) is 0 Å². The van der Waals surface area contributed by atoms with Gasteiger partial charge >= 0.3 is 5.69 Å². The van der Waals surface area contributed by atoms with E-state index in [0.29, 0.717) is 12.5 Å². The zero-order valence-electron chi connectivity index (χ0n) is 16.5. The van der Waals surface area contributed by atoms with Crippen LogP contribution in [0.2, 0.25) is 0 Å². The SMILES string of the molecule is Cn1c(=O)n(CC(C)(C)C)c2ccc(C3CCC(C)(C)C(N)C3)nc21. The van der Waals surface area contributed by atoms with Crippen LogP contribution in [0.3, 0.4) is 0 Å². The molecule has 2 atom stereocenters. The molecule has 0 aliphatic heterocycles. The van der Waals surface area contributed by atoms with Crippen molar-refractivity contribution in [3.05, 3.63) is 28.3 Å². The van der Waals surface area contributed by atoms with Crippen molar-refractivity contribution >= 4 is 11.2 Å². The van der Waals surface area contributed by atoms with E-state index in [0.717, 1.165) is 36.1 Å². The first-order valence-corrected chi connectivity index (χ1v) is 9.31. The molecule has 1 aliphatic carbocycles. The van der Waals surface area contributed by atoms with Gasteiger partial charge in [0.2, 0.25) is 0 Å². The third-order valence-electron chi connectivity index (χ3n) is 5.73. The van der Waals surface area contributed by atoms with Crippen LogP contribution in [-0.2, 0) is 13.6 Å². The first-order valence-electron chi connectivity index (χ1n) is 9.31. The molecule has 1 saturated carbocycles. The predicted octanol–water partition coefficient (Wildman–Crippen LogP) is 3.40. The molecule has 0 bridgehead atoms. The third kappa shape index (κ3) is 3.39. The lowest BCUT2D eigenvalue weighted by atomic mass is 9.69. The molecule has 2 N–H and O–H groups in total. The molecular formula is C20H32N4O. The molecule has 0 spiro atoms. The van der Waals surface area contributed by atoms with E-state index < -0.39 is 0 Å². The molecule has 138 valence electrons. The van der Waals surface area contributed by atoms with Gasteiger partial charge in [-0.15, -0.1) is 0 Å². The summed E-state index contributed by atoms with van der Waals surface area (Å²) < 4.78 is 3.53. The molecular weight excluding hydrogens is 312 g/mol.